The smallest absolute Gasteiger partial charge is 0.324 e. The summed E-state index contributed by atoms with van der Waals surface area (Å²) in [5.41, 5.74) is 4.18. The molecule has 2 fully saturated rings. The fourth-order valence-corrected chi connectivity index (χ4v) is 5.77. The van der Waals surface area contributed by atoms with Gasteiger partial charge in [-0.25, -0.2) is 4.79 Å². The maximum Gasteiger partial charge on any atom is 0.328 e. The molecule has 1 spiro atoms. The zero-order valence-corrected chi connectivity index (χ0v) is 22.3. The van der Waals surface area contributed by atoms with Gasteiger partial charge in [-0.15, -0.1) is 0 Å². The fraction of sp³-hybridized carbons (Fsp3) is 0.500. The lowest BCUT2D eigenvalue weighted by atomic mass is 9.80. The Morgan fingerprint density at radius 2 is 1.56 bits per heavy atom. The molecule has 36 heavy (non-hydrogen) atoms. The van der Waals surface area contributed by atoms with Crippen LogP contribution in [0.25, 0.3) is 0 Å². The molecule has 1 heterocycles. The van der Waals surface area contributed by atoms with E-state index >= 15 is 0 Å². The second-order valence-electron chi connectivity index (χ2n) is 11.0. The highest BCUT2D eigenvalue weighted by molar-refractivity contribution is 6.10. The quantitative estimate of drug-likeness (QED) is 0.461. The first-order valence-electron chi connectivity index (χ1n) is 13.3. The van der Waals surface area contributed by atoms with Crippen LogP contribution in [-0.4, -0.2) is 39.7 Å². The number of rotatable bonds is 7. The van der Waals surface area contributed by atoms with Crippen molar-refractivity contribution in [3.05, 3.63) is 64.7 Å². The van der Waals surface area contributed by atoms with Crippen molar-refractivity contribution in [1.29, 1.82) is 0 Å². The first-order valence-corrected chi connectivity index (χ1v) is 13.3. The molecule has 1 N–H and O–H groups in total. The molecule has 1 aliphatic heterocycles. The molecular weight excluding hydrogens is 450 g/mol. The number of benzene rings is 2. The first kappa shape index (κ1) is 25.9. The van der Waals surface area contributed by atoms with E-state index in [0.29, 0.717) is 19.4 Å². The largest absolute Gasteiger partial charge is 0.328 e. The summed E-state index contributed by atoms with van der Waals surface area (Å²) in [6, 6.07) is 13.8. The zero-order chi connectivity index (χ0) is 26.0. The highest BCUT2D eigenvalue weighted by Crippen LogP contribution is 2.41. The number of carbonyl (C=O) groups is 3. The predicted octanol–water partition coefficient (Wildman–Crippen LogP) is 6.35. The van der Waals surface area contributed by atoms with E-state index in [0.717, 1.165) is 47.2 Å². The third kappa shape index (κ3) is 4.91. The number of nitrogens with one attached hydrogen (secondary N) is 1. The van der Waals surface area contributed by atoms with Gasteiger partial charge < -0.3 is 10.2 Å². The molecule has 0 unspecified atom stereocenters. The zero-order valence-electron chi connectivity index (χ0n) is 22.3. The number of para-hydroxylation sites is 1. The maximum atomic E-state index is 13.8. The van der Waals surface area contributed by atoms with Crippen LogP contribution < -0.4 is 5.32 Å². The molecule has 1 saturated heterocycles. The van der Waals surface area contributed by atoms with Gasteiger partial charge in [-0.05, 0) is 48.3 Å². The number of hydrogen-bond acceptors (Lipinski definition) is 3. The van der Waals surface area contributed by atoms with E-state index in [1.54, 1.807) is 4.90 Å². The molecule has 2 aromatic rings. The normalized spacial score (nSPS) is 17.5. The Morgan fingerprint density at radius 3 is 2.14 bits per heavy atom. The summed E-state index contributed by atoms with van der Waals surface area (Å²) in [7, 11) is 0. The van der Waals surface area contributed by atoms with Gasteiger partial charge in [0, 0.05) is 12.2 Å². The lowest BCUT2D eigenvalue weighted by Gasteiger charge is -2.38. The Hall–Kier alpha value is -3.15. The van der Waals surface area contributed by atoms with E-state index in [2.05, 4.69) is 39.1 Å². The summed E-state index contributed by atoms with van der Waals surface area (Å²) < 4.78 is 0. The lowest BCUT2D eigenvalue weighted by molar-refractivity contribution is -0.137. The number of imide groups is 1. The summed E-state index contributed by atoms with van der Waals surface area (Å²) in [5, 5.41) is 3.07. The van der Waals surface area contributed by atoms with Gasteiger partial charge in [0.15, 0.2) is 0 Å². The van der Waals surface area contributed by atoms with Crippen molar-refractivity contribution in [2.75, 3.05) is 11.9 Å². The van der Waals surface area contributed by atoms with Gasteiger partial charge in [-0.3, -0.25) is 14.5 Å². The Kier molecular flexibility index (Phi) is 7.53. The molecule has 1 saturated carbocycles. The average Bonchev–Trinajstić information content (AvgIpc) is 3.01. The van der Waals surface area contributed by atoms with Crippen LogP contribution in [0.3, 0.4) is 0 Å². The highest BCUT2D eigenvalue weighted by atomic mass is 16.2. The van der Waals surface area contributed by atoms with Crippen molar-refractivity contribution < 1.29 is 14.4 Å². The minimum Gasteiger partial charge on any atom is -0.324 e. The number of amides is 4. The molecule has 1 aliphatic carbocycles. The molecular formula is C30H39N3O3. The number of carbonyl (C=O) groups excluding carboxylic acids is 3. The summed E-state index contributed by atoms with van der Waals surface area (Å²) in [6.07, 6.45) is 4.17. The minimum atomic E-state index is -0.849. The van der Waals surface area contributed by atoms with Gasteiger partial charge in [-0.1, -0.05) is 95.0 Å². The highest BCUT2D eigenvalue weighted by Gasteiger charge is 2.57. The average molecular weight is 490 g/mol. The van der Waals surface area contributed by atoms with Crippen LogP contribution in [0.2, 0.25) is 0 Å². The van der Waals surface area contributed by atoms with Gasteiger partial charge in [0.25, 0.3) is 5.91 Å². The van der Waals surface area contributed by atoms with Crippen molar-refractivity contribution in [3.8, 4) is 0 Å². The second-order valence-corrected chi connectivity index (χ2v) is 11.0. The second kappa shape index (κ2) is 10.5. The topological polar surface area (TPSA) is 69.7 Å². The van der Waals surface area contributed by atoms with E-state index in [-0.39, 0.29) is 36.2 Å². The van der Waals surface area contributed by atoms with Gasteiger partial charge in [0.1, 0.15) is 12.1 Å². The van der Waals surface area contributed by atoms with Crippen LogP contribution in [0, 0.1) is 6.92 Å². The number of urea groups is 1. The van der Waals surface area contributed by atoms with Crippen molar-refractivity contribution in [3.63, 3.8) is 0 Å². The molecule has 2 aromatic carbocycles. The maximum absolute atomic E-state index is 13.8. The summed E-state index contributed by atoms with van der Waals surface area (Å²) in [5.74, 6) is -0.111. The number of hydrogen-bond donors (Lipinski definition) is 1. The monoisotopic (exact) mass is 489 g/mol. The Morgan fingerprint density at radius 1 is 0.944 bits per heavy atom. The summed E-state index contributed by atoms with van der Waals surface area (Å²) in [4.78, 5) is 43.7. The lowest BCUT2D eigenvalue weighted by Crippen LogP contribution is -2.50. The Bertz CT molecular complexity index is 1120. The minimum absolute atomic E-state index is 0.226. The summed E-state index contributed by atoms with van der Waals surface area (Å²) >= 11 is 0. The molecule has 6 nitrogen and oxygen atoms in total. The van der Waals surface area contributed by atoms with Crippen molar-refractivity contribution in [2.24, 2.45) is 0 Å². The predicted molar refractivity (Wildman–Crippen MR) is 143 cm³/mol. The van der Waals surface area contributed by atoms with Crippen LogP contribution >= 0.6 is 0 Å². The molecule has 0 aromatic heterocycles. The first-order chi connectivity index (χ1) is 17.1. The molecule has 0 atom stereocenters. The van der Waals surface area contributed by atoms with Crippen molar-refractivity contribution >= 4 is 23.5 Å². The number of nitrogens with zero attached hydrogens (tertiary/aromatic N) is 2. The van der Waals surface area contributed by atoms with Gasteiger partial charge >= 0.3 is 6.03 Å². The number of anilines is 1. The molecule has 0 radical (unpaired) electrons. The van der Waals surface area contributed by atoms with E-state index < -0.39 is 5.54 Å². The third-order valence-electron chi connectivity index (χ3n) is 7.66. The fourth-order valence-electron chi connectivity index (χ4n) is 5.77. The Labute approximate surface area is 215 Å². The van der Waals surface area contributed by atoms with Crippen LogP contribution in [0.1, 0.15) is 93.9 Å². The molecule has 2 aliphatic rings. The molecule has 4 amide bonds. The molecule has 0 bridgehead atoms. The SMILES string of the molecule is Cc1cccc(CN2C(=O)N(CC(=O)Nc3c(C(C)C)cccc3C(C)C)C(=O)C23CCCCC3)c1. The standard InChI is InChI=1S/C30H39N3O3/c1-20(2)24-13-10-14-25(21(3)4)27(24)31-26(34)19-32-28(35)30(15-7-6-8-16-30)33(29(32)36)18-23-12-9-11-22(5)17-23/h9-14,17,20-21H,6-8,15-16,18-19H2,1-5H3,(H,31,34). The van der Waals surface area contributed by atoms with Crippen LogP contribution in [-0.2, 0) is 16.1 Å². The Balaban J connectivity index is 1.60. The van der Waals surface area contributed by atoms with Crippen LogP contribution in [0.5, 0.6) is 0 Å². The van der Waals surface area contributed by atoms with E-state index in [9.17, 15) is 14.4 Å². The van der Waals surface area contributed by atoms with E-state index in [4.69, 9.17) is 0 Å². The molecule has 4 rings (SSSR count). The van der Waals surface area contributed by atoms with E-state index in [1.807, 2.05) is 43.3 Å². The van der Waals surface area contributed by atoms with Gasteiger partial charge in [0.2, 0.25) is 5.91 Å². The third-order valence-corrected chi connectivity index (χ3v) is 7.66. The van der Waals surface area contributed by atoms with E-state index in [1.165, 1.54) is 4.90 Å². The van der Waals surface area contributed by atoms with Crippen LogP contribution in [0.4, 0.5) is 10.5 Å². The van der Waals surface area contributed by atoms with Gasteiger partial charge in [0.05, 0.1) is 0 Å². The van der Waals surface area contributed by atoms with Gasteiger partial charge in [-0.2, -0.15) is 0 Å². The van der Waals surface area contributed by atoms with Crippen molar-refractivity contribution in [2.45, 2.75) is 90.6 Å². The van der Waals surface area contributed by atoms with Crippen molar-refractivity contribution in [1.82, 2.24) is 9.80 Å². The summed E-state index contributed by atoms with van der Waals surface area (Å²) in [6.45, 7) is 10.5. The molecule has 192 valence electrons. The molecule has 6 heteroatoms. The van der Waals surface area contributed by atoms with Crippen LogP contribution in [0.15, 0.2) is 42.5 Å². The number of aryl methyl sites for hydroxylation is 1.